The van der Waals surface area contributed by atoms with Gasteiger partial charge in [0.15, 0.2) is 0 Å². The van der Waals surface area contributed by atoms with Crippen LogP contribution in [-0.2, 0) is 27.7 Å². The summed E-state index contributed by atoms with van der Waals surface area (Å²) in [4.78, 5) is 27.6. The van der Waals surface area contributed by atoms with Crippen molar-refractivity contribution in [2.75, 3.05) is 26.2 Å². The van der Waals surface area contributed by atoms with E-state index < -0.39 is 27.8 Å². The molecule has 2 aromatic rings. The molecule has 34 heavy (non-hydrogen) atoms. The van der Waals surface area contributed by atoms with Crippen molar-refractivity contribution in [1.82, 2.24) is 14.5 Å². The Morgan fingerprint density at radius 2 is 1.65 bits per heavy atom. The maximum Gasteiger partial charge on any atom is 0.254 e. The summed E-state index contributed by atoms with van der Waals surface area (Å²) in [7, 11) is -3.65. The molecule has 1 aliphatic carbocycles. The third kappa shape index (κ3) is 4.86. The van der Waals surface area contributed by atoms with E-state index >= 15 is 0 Å². The Morgan fingerprint density at radius 3 is 2.32 bits per heavy atom. The Balaban J connectivity index is 1.41. The van der Waals surface area contributed by atoms with Gasteiger partial charge >= 0.3 is 0 Å². The molecule has 1 fully saturated rings. The van der Waals surface area contributed by atoms with Gasteiger partial charge < -0.3 is 10.2 Å². The zero-order valence-corrected chi connectivity index (χ0v) is 20.3. The van der Waals surface area contributed by atoms with Crippen LogP contribution in [0.3, 0.4) is 0 Å². The number of aryl methyl sites for hydroxylation is 2. The van der Waals surface area contributed by atoms with E-state index in [1.165, 1.54) is 28.1 Å². The molecule has 9 heteroatoms. The molecule has 1 N–H and O–H groups in total. The SMILES string of the molecule is CC(C)[C@@H](NC(=O)c1ccccc1F)C(=O)N1CCN(S(=O)(=O)c2ccc3c(c2)CCC3)CC1. The molecule has 7 nitrogen and oxygen atoms in total. The Hall–Kier alpha value is -2.78. The quantitative estimate of drug-likeness (QED) is 0.679. The highest BCUT2D eigenvalue weighted by Crippen LogP contribution is 2.27. The van der Waals surface area contributed by atoms with Gasteiger partial charge in [-0.1, -0.05) is 32.0 Å². The van der Waals surface area contributed by atoms with Gasteiger partial charge in [0.2, 0.25) is 15.9 Å². The van der Waals surface area contributed by atoms with E-state index in [2.05, 4.69) is 5.32 Å². The molecule has 1 aliphatic heterocycles. The number of carbonyl (C=O) groups is 2. The van der Waals surface area contributed by atoms with Gasteiger partial charge in [0.25, 0.3) is 5.91 Å². The van der Waals surface area contributed by atoms with E-state index in [0.29, 0.717) is 4.90 Å². The molecule has 4 rings (SSSR count). The van der Waals surface area contributed by atoms with Crippen molar-refractivity contribution in [3.05, 3.63) is 65.0 Å². The van der Waals surface area contributed by atoms with Crippen molar-refractivity contribution >= 4 is 21.8 Å². The first-order chi connectivity index (χ1) is 16.2. The number of amides is 2. The number of benzene rings is 2. The number of sulfonamides is 1. The molecule has 2 amide bonds. The highest BCUT2D eigenvalue weighted by atomic mass is 32.2. The van der Waals surface area contributed by atoms with Gasteiger partial charge in [-0.25, -0.2) is 12.8 Å². The van der Waals surface area contributed by atoms with Crippen LogP contribution in [-0.4, -0.2) is 61.7 Å². The lowest BCUT2D eigenvalue weighted by atomic mass is 10.0. The second-order valence-electron chi connectivity index (χ2n) is 9.19. The summed E-state index contributed by atoms with van der Waals surface area (Å²) in [5.41, 5.74) is 2.19. The van der Waals surface area contributed by atoms with Gasteiger partial charge in [-0.2, -0.15) is 4.31 Å². The van der Waals surface area contributed by atoms with E-state index in [9.17, 15) is 22.4 Å². The van der Waals surface area contributed by atoms with Crippen LogP contribution in [0, 0.1) is 11.7 Å². The van der Waals surface area contributed by atoms with Crippen LogP contribution in [0.25, 0.3) is 0 Å². The van der Waals surface area contributed by atoms with Gasteiger partial charge in [0.1, 0.15) is 11.9 Å². The fourth-order valence-corrected chi connectivity index (χ4v) is 6.05. The molecule has 1 atom stereocenters. The predicted molar refractivity (Wildman–Crippen MR) is 126 cm³/mol. The van der Waals surface area contributed by atoms with E-state index in [4.69, 9.17) is 0 Å². The lowest BCUT2D eigenvalue weighted by Gasteiger charge is -2.36. The molecule has 0 unspecified atom stereocenters. The Morgan fingerprint density at radius 1 is 0.971 bits per heavy atom. The first-order valence-corrected chi connectivity index (χ1v) is 13.1. The van der Waals surface area contributed by atoms with Gasteiger partial charge in [-0.3, -0.25) is 9.59 Å². The fourth-order valence-electron chi connectivity index (χ4n) is 4.58. The molecular formula is C25H30FN3O4S. The third-order valence-corrected chi connectivity index (χ3v) is 8.49. The number of rotatable bonds is 6. The fraction of sp³-hybridized carbons (Fsp3) is 0.440. The third-order valence-electron chi connectivity index (χ3n) is 6.60. The normalized spacial score (nSPS) is 17.5. The monoisotopic (exact) mass is 487 g/mol. The molecule has 182 valence electrons. The van der Waals surface area contributed by atoms with Crippen LogP contribution in [0.4, 0.5) is 4.39 Å². The highest BCUT2D eigenvalue weighted by molar-refractivity contribution is 7.89. The summed E-state index contributed by atoms with van der Waals surface area (Å²) in [5.74, 6) is -1.83. The van der Waals surface area contributed by atoms with Crippen molar-refractivity contribution < 1.29 is 22.4 Å². The first kappa shape index (κ1) is 24.3. The molecule has 0 saturated carbocycles. The number of nitrogens with one attached hydrogen (secondary N) is 1. The summed E-state index contributed by atoms with van der Waals surface area (Å²) < 4.78 is 41.7. The topological polar surface area (TPSA) is 86.8 Å². The first-order valence-electron chi connectivity index (χ1n) is 11.6. The molecule has 1 heterocycles. The Kier molecular flexibility index (Phi) is 7.04. The largest absolute Gasteiger partial charge is 0.340 e. The summed E-state index contributed by atoms with van der Waals surface area (Å²) in [6, 6.07) is 10.1. The average Bonchev–Trinajstić information content (AvgIpc) is 3.30. The number of carbonyl (C=O) groups excluding carboxylic acids is 2. The molecule has 1 saturated heterocycles. The van der Waals surface area contributed by atoms with Crippen LogP contribution in [0.5, 0.6) is 0 Å². The van der Waals surface area contributed by atoms with Crippen molar-refractivity contribution in [3.63, 3.8) is 0 Å². The number of nitrogens with zero attached hydrogens (tertiary/aromatic N) is 2. The maximum atomic E-state index is 14.0. The van der Waals surface area contributed by atoms with Crippen molar-refractivity contribution in [2.24, 2.45) is 5.92 Å². The average molecular weight is 488 g/mol. The van der Waals surface area contributed by atoms with E-state index in [0.717, 1.165) is 24.8 Å². The molecule has 0 spiro atoms. The van der Waals surface area contributed by atoms with Crippen LogP contribution < -0.4 is 5.32 Å². The molecule has 0 aromatic heterocycles. The minimum absolute atomic E-state index is 0.119. The zero-order chi connectivity index (χ0) is 24.5. The standard InChI is InChI=1S/C25H30FN3O4S/c1-17(2)23(27-24(30)21-8-3-4-9-22(21)26)25(31)28-12-14-29(15-13-28)34(32,33)20-11-10-18-6-5-7-19(18)16-20/h3-4,8-11,16-17,23H,5-7,12-15H2,1-2H3,(H,27,30)/t23-/m1/s1. The van der Waals surface area contributed by atoms with Crippen LogP contribution in [0.15, 0.2) is 47.4 Å². The van der Waals surface area contributed by atoms with Gasteiger partial charge in [-0.05, 0) is 60.6 Å². The highest BCUT2D eigenvalue weighted by Gasteiger charge is 2.35. The Bertz CT molecular complexity index is 1190. The number of hydrogen-bond acceptors (Lipinski definition) is 4. The molecule has 0 radical (unpaired) electrons. The second-order valence-corrected chi connectivity index (χ2v) is 11.1. The van der Waals surface area contributed by atoms with Crippen LogP contribution in [0.2, 0.25) is 0 Å². The smallest absolute Gasteiger partial charge is 0.254 e. The minimum atomic E-state index is -3.65. The van der Waals surface area contributed by atoms with E-state index in [-0.39, 0.29) is 43.6 Å². The number of piperazine rings is 1. The van der Waals surface area contributed by atoms with Gasteiger partial charge in [0.05, 0.1) is 10.5 Å². The summed E-state index contributed by atoms with van der Waals surface area (Å²) in [6.45, 7) is 4.41. The Labute approximate surface area is 200 Å². The zero-order valence-electron chi connectivity index (χ0n) is 19.5. The van der Waals surface area contributed by atoms with Crippen LogP contribution >= 0.6 is 0 Å². The predicted octanol–water partition coefficient (Wildman–Crippen LogP) is 2.60. The van der Waals surface area contributed by atoms with Crippen molar-refractivity contribution in [2.45, 2.75) is 44.0 Å². The molecule has 0 bridgehead atoms. The van der Waals surface area contributed by atoms with E-state index in [1.54, 1.807) is 36.9 Å². The second kappa shape index (κ2) is 9.84. The number of halogens is 1. The summed E-state index contributed by atoms with van der Waals surface area (Å²) in [5, 5.41) is 2.66. The van der Waals surface area contributed by atoms with E-state index in [1.807, 2.05) is 6.07 Å². The number of fused-ring (bicyclic) bond motifs is 1. The lowest BCUT2D eigenvalue weighted by molar-refractivity contribution is -0.135. The van der Waals surface area contributed by atoms with Gasteiger partial charge in [0, 0.05) is 26.2 Å². The maximum absolute atomic E-state index is 14.0. The number of hydrogen-bond donors (Lipinski definition) is 1. The summed E-state index contributed by atoms with van der Waals surface area (Å²) >= 11 is 0. The molecule has 2 aromatic carbocycles. The molecule has 2 aliphatic rings. The minimum Gasteiger partial charge on any atom is -0.340 e. The lowest BCUT2D eigenvalue weighted by Crippen LogP contribution is -2.57. The summed E-state index contributed by atoms with van der Waals surface area (Å²) in [6.07, 6.45) is 2.93. The van der Waals surface area contributed by atoms with Crippen molar-refractivity contribution in [3.8, 4) is 0 Å². The van der Waals surface area contributed by atoms with Crippen LogP contribution in [0.1, 0.15) is 41.8 Å². The molecular weight excluding hydrogens is 457 g/mol. The van der Waals surface area contributed by atoms with Gasteiger partial charge in [-0.15, -0.1) is 0 Å². The van der Waals surface area contributed by atoms with Crippen molar-refractivity contribution in [1.29, 1.82) is 0 Å².